The number of carboxylic acid groups (broad SMARTS) is 1. The van der Waals surface area contributed by atoms with E-state index in [0.717, 1.165) is 21.8 Å². The fourth-order valence-electron chi connectivity index (χ4n) is 2.21. The van der Waals surface area contributed by atoms with Crippen LogP contribution in [0.3, 0.4) is 0 Å². The summed E-state index contributed by atoms with van der Waals surface area (Å²) in [6.45, 7) is 7.44. The highest BCUT2D eigenvalue weighted by Gasteiger charge is 2.22. The van der Waals surface area contributed by atoms with Gasteiger partial charge in [-0.25, -0.2) is 4.79 Å². The Labute approximate surface area is 115 Å². The smallest absolute Gasteiger partial charge is 0.339 e. The number of carbonyl (C=O) groups is 1. The molecule has 0 fully saturated rings. The Balaban J connectivity index is 2.81. The second kappa shape index (κ2) is 4.56. The number of rotatable bonds is 2. The number of nitrogens with zero attached hydrogens (tertiary/aromatic N) is 2. The molecule has 2 aromatic heterocycles. The van der Waals surface area contributed by atoms with E-state index in [0.29, 0.717) is 16.1 Å². The van der Waals surface area contributed by atoms with Gasteiger partial charge in [0, 0.05) is 16.3 Å². The van der Waals surface area contributed by atoms with Crippen LogP contribution in [0.5, 0.6) is 0 Å². The van der Waals surface area contributed by atoms with E-state index in [-0.39, 0.29) is 0 Å². The third-order valence-electron chi connectivity index (χ3n) is 3.34. The summed E-state index contributed by atoms with van der Waals surface area (Å²) in [6, 6.07) is 3.92. The van der Waals surface area contributed by atoms with Crippen molar-refractivity contribution < 1.29 is 9.90 Å². The third kappa shape index (κ3) is 1.94. The van der Waals surface area contributed by atoms with E-state index in [1.807, 2.05) is 32.3 Å². The molecule has 2 rings (SSSR count). The van der Waals surface area contributed by atoms with Gasteiger partial charge < -0.3 is 9.67 Å². The Hall–Kier alpha value is -2.06. The van der Waals surface area contributed by atoms with Crippen LogP contribution < -0.4 is 0 Å². The first-order valence-corrected chi connectivity index (χ1v) is 6.62. The molecule has 0 aromatic carbocycles. The maximum atomic E-state index is 11.5. The van der Waals surface area contributed by atoms with Gasteiger partial charge in [-0.2, -0.15) is 5.26 Å². The van der Waals surface area contributed by atoms with E-state index in [4.69, 9.17) is 5.26 Å². The lowest BCUT2D eigenvalue weighted by Gasteiger charge is -2.08. The normalized spacial score (nSPS) is 10.5. The first kappa shape index (κ1) is 13.4. The highest BCUT2D eigenvalue weighted by molar-refractivity contribution is 7.15. The third-order valence-corrected chi connectivity index (χ3v) is 4.53. The van der Waals surface area contributed by atoms with Gasteiger partial charge in [-0.05, 0) is 39.3 Å². The minimum absolute atomic E-state index is 0.328. The second-order valence-corrected chi connectivity index (χ2v) is 5.70. The van der Waals surface area contributed by atoms with Crippen LogP contribution >= 0.6 is 11.3 Å². The average molecular weight is 274 g/mol. The first-order chi connectivity index (χ1) is 8.88. The van der Waals surface area contributed by atoms with Gasteiger partial charge >= 0.3 is 5.97 Å². The molecule has 0 unspecified atom stereocenters. The number of nitriles is 1. The van der Waals surface area contributed by atoms with Crippen molar-refractivity contribution in [3.05, 3.63) is 39.0 Å². The molecule has 0 spiro atoms. The lowest BCUT2D eigenvalue weighted by atomic mass is 10.1. The van der Waals surface area contributed by atoms with Crippen molar-refractivity contribution in [2.45, 2.75) is 27.7 Å². The van der Waals surface area contributed by atoms with Gasteiger partial charge in [0.05, 0.1) is 11.1 Å². The van der Waals surface area contributed by atoms with Crippen LogP contribution in [0.25, 0.3) is 5.00 Å². The standard InChI is InChI=1S/C14H14N2O2S/c1-7-5-11(6-15)9(3)16(7)13-12(14(17)18)8(2)10(4)19-13/h5H,1-4H3,(H,17,18). The van der Waals surface area contributed by atoms with Crippen LogP contribution in [0, 0.1) is 39.0 Å². The van der Waals surface area contributed by atoms with Crippen LogP contribution in [0.15, 0.2) is 6.07 Å². The molecule has 0 bridgehead atoms. The minimum Gasteiger partial charge on any atom is -0.478 e. The van der Waals surface area contributed by atoms with Gasteiger partial charge in [0.25, 0.3) is 0 Å². The fraction of sp³-hybridized carbons (Fsp3) is 0.286. The minimum atomic E-state index is -0.928. The number of hydrogen-bond donors (Lipinski definition) is 1. The van der Waals surface area contributed by atoms with Crippen LogP contribution in [0.4, 0.5) is 0 Å². The highest BCUT2D eigenvalue weighted by Crippen LogP contribution is 2.33. The molecule has 4 nitrogen and oxygen atoms in total. The average Bonchev–Trinajstić information content (AvgIpc) is 2.77. The molecule has 0 aliphatic rings. The lowest BCUT2D eigenvalue weighted by molar-refractivity contribution is 0.0696. The SMILES string of the molecule is Cc1sc(-n2c(C)cc(C#N)c2C)c(C(=O)O)c1C. The van der Waals surface area contributed by atoms with Gasteiger partial charge in [0.15, 0.2) is 0 Å². The molecule has 98 valence electrons. The van der Waals surface area contributed by atoms with Gasteiger partial charge in [-0.3, -0.25) is 0 Å². The quantitative estimate of drug-likeness (QED) is 0.913. The van der Waals surface area contributed by atoms with Crippen LogP contribution in [-0.2, 0) is 0 Å². The molecule has 2 heterocycles. The van der Waals surface area contributed by atoms with E-state index < -0.39 is 5.97 Å². The summed E-state index contributed by atoms with van der Waals surface area (Å²) in [6.07, 6.45) is 0. The largest absolute Gasteiger partial charge is 0.478 e. The van der Waals surface area contributed by atoms with Gasteiger partial charge in [0.1, 0.15) is 11.1 Å². The molecule has 1 N–H and O–H groups in total. The Bertz CT molecular complexity index is 717. The molecule has 0 saturated heterocycles. The maximum Gasteiger partial charge on any atom is 0.339 e. The predicted octanol–water partition coefficient (Wildman–Crippen LogP) is 3.34. The molecule has 0 radical (unpaired) electrons. The lowest BCUT2D eigenvalue weighted by Crippen LogP contribution is -2.06. The molecular weight excluding hydrogens is 260 g/mol. The Morgan fingerprint density at radius 3 is 2.47 bits per heavy atom. The van der Waals surface area contributed by atoms with Crippen LogP contribution in [0.1, 0.15) is 37.7 Å². The number of aryl methyl sites for hydroxylation is 2. The van der Waals surface area contributed by atoms with Crippen molar-refractivity contribution in [3.8, 4) is 11.1 Å². The van der Waals surface area contributed by atoms with E-state index in [1.54, 1.807) is 6.07 Å². The van der Waals surface area contributed by atoms with Crippen molar-refractivity contribution >= 4 is 17.3 Å². The zero-order chi connectivity index (χ0) is 14.3. The Morgan fingerprint density at radius 2 is 2.00 bits per heavy atom. The molecule has 5 heteroatoms. The summed E-state index contributed by atoms with van der Waals surface area (Å²) in [5.41, 5.74) is 3.35. The van der Waals surface area contributed by atoms with Gasteiger partial charge in [-0.1, -0.05) is 0 Å². The maximum absolute atomic E-state index is 11.5. The van der Waals surface area contributed by atoms with Crippen molar-refractivity contribution in [1.82, 2.24) is 4.57 Å². The van der Waals surface area contributed by atoms with Crippen molar-refractivity contribution in [2.24, 2.45) is 0 Å². The predicted molar refractivity (Wildman–Crippen MR) is 74.3 cm³/mol. The van der Waals surface area contributed by atoms with Crippen LogP contribution in [-0.4, -0.2) is 15.6 Å². The molecular formula is C14H14N2O2S. The molecule has 2 aromatic rings. The number of aromatic carboxylic acids is 1. The van der Waals surface area contributed by atoms with E-state index >= 15 is 0 Å². The number of aromatic nitrogens is 1. The monoisotopic (exact) mass is 274 g/mol. The summed E-state index contributed by atoms with van der Waals surface area (Å²) in [5.74, 6) is -0.928. The van der Waals surface area contributed by atoms with Crippen molar-refractivity contribution in [2.75, 3.05) is 0 Å². The molecule has 0 atom stereocenters. The molecule has 19 heavy (non-hydrogen) atoms. The van der Waals surface area contributed by atoms with E-state index in [2.05, 4.69) is 6.07 Å². The van der Waals surface area contributed by atoms with E-state index in [9.17, 15) is 9.90 Å². The zero-order valence-corrected chi connectivity index (χ0v) is 12.1. The number of thiophene rings is 1. The summed E-state index contributed by atoms with van der Waals surface area (Å²) in [5, 5.41) is 19.1. The fourth-order valence-corrected chi connectivity index (χ4v) is 3.47. The number of hydrogen-bond acceptors (Lipinski definition) is 3. The first-order valence-electron chi connectivity index (χ1n) is 5.81. The van der Waals surface area contributed by atoms with Crippen molar-refractivity contribution in [3.63, 3.8) is 0 Å². The summed E-state index contributed by atoms with van der Waals surface area (Å²) in [4.78, 5) is 12.4. The second-order valence-electron chi connectivity index (χ2n) is 4.50. The van der Waals surface area contributed by atoms with Gasteiger partial charge in [-0.15, -0.1) is 11.3 Å². The molecule has 0 saturated carbocycles. The molecule has 0 aliphatic carbocycles. The van der Waals surface area contributed by atoms with Crippen molar-refractivity contribution in [1.29, 1.82) is 5.26 Å². The summed E-state index contributed by atoms with van der Waals surface area (Å²) < 4.78 is 1.85. The number of carboxylic acids is 1. The Morgan fingerprint density at radius 1 is 1.37 bits per heavy atom. The zero-order valence-electron chi connectivity index (χ0n) is 11.2. The van der Waals surface area contributed by atoms with Gasteiger partial charge in [0.2, 0.25) is 0 Å². The van der Waals surface area contributed by atoms with E-state index in [1.165, 1.54) is 11.3 Å². The summed E-state index contributed by atoms with van der Waals surface area (Å²) in [7, 11) is 0. The Kier molecular flexibility index (Phi) is 3.21. The van der Waals surface area contributed by atoms with Crippen LogP contribution in [0.2, 0.25) is 0 Å². The molecule has 0 aliphatic heterocycles. The highest BCUT2D eigenvalue weighted by atomic mass is 32.1. The topological polar surface area (TPSA) is 66.0 Å². The summed E-state index contributed by atoms with van der Waals surface area (Å²) >= 11 is 1.45. The molecule has 0 amide bonds.